The van der Waals surface area contributed by atoms with Gasteiger partial charge in [0.1, 0.15) is 23.0 Å². The average molecular weight is 475 g/mol. The minimum Gasteiger partial charge on any atom is -0.341 e. The zero-order valence-corrected chi connectivity index (χ0v) is 17.8. The van der Waals surface area contributed by atoms with Crippen LogP contribution in [0.1, 0.15) is 5.56 Å². The van der Waals surface area contributed by atoms with Crippen molar-refractivity contribution in [2.45, 2.75) is 17.4 Å². The normalized spacial score (nSPS) is 15.9. The fourth-order valence-electron chi connectivity index (χ4n) is 3.50. The van der Waals surface area contributed by atoms with E-state index in [1.807, 2.05) is 12.1 Å². The molecule has 0 radical (unpaired) electrons. The lowest BCUT2D eigenvalue weighted by atomic mass is 10.1. The summed E-state index contributed by atoms with van der Waals surface area (Å²) < 4.78 is 40.9. The van der Waals surface area contributed by atoms with Crippen molar-refractivity contribution in [1.82, 2.24) is 19.9 Å². The summed E-state index contributed by atoms with van der Waals surface area (Å²) in [6.07, 6.45) is -0.580. The number of halogens is 4. The van der Waals surface area contributed by atoms with Gasteiger partial charge in [0.05, 0.1) is 28.0 Å². The van der Waals surface area contributed by atoms with Crippen LogP contribution in [0.25, 0.3) is 17.4 Å². The Balaban J connectivity index is 1.60. The summed E-state index contributed by atoms with van der Waals surface area (Å²) in [5.41, 5.74) is 1.07. The Morgan fingerprint density at radius 3 is 2.72 bits per heavy atom. The summed E-state index contributed by atoms with van der Waals surface area (Å²) in [4.78, 5) is 21.8. The molecule has 1 aliphatic heterocycles. The molecule has 162 valence electrons. The molecule has 1 aliphatic rings. The Hall–Kier alpha value is -3.11. The first-order chi connectivity index (χ1) is 15.4. The number of hydrogen-bond donors (Lipinski definition) is 1. The van der Waals surface area contributed by atoms with Gasteiger partial charge in [0.25, 0.3) is 0 Å². The molecule has 11 heteroatoms. The summed E-state index contributed by atoms with van der Waals surface area (Å²) in [5, 5.41) is 1.40. The smallest absolute Gasteiger partial charge is 0.341 e. The maximum absolute atomic E-state index is 13.6. The van der Waals surface area contributed by atoms with Crippen LogP contribution in [0.3, 0.4) is 0 Å². The van der Waals surface area contributed by atoms with Gasteiger partial charge in [-0.15, -0.1) is 0 Å². The fourth-order valence-corrected chi connectivity index (χ4v) is 4.69. The maximum Gasteiger partial charge on any atom is 0.418 e. The standard InChI is InChI=1S/C21H14ClF3N6S/c22-14-6-1-2-7-15(14)31-8-12-4-3-5-13(21(23,24)25)17(12)30-16(31)9-32-20-18-19(27-10-26-18)28-11-29-20/h1-8,10-11,16H,9H2,(H,26,27,28,29). The first kappa shape index (κ1) is 20.8. The molecule has 0 saturated carbocycles. The van der Waals surface area contributed by atoms with Crippen molar-refractivity contribution >= 4 is 46.4 Å². The van der Waals surface area contributed by atoms with Crippen molar-refractivity contribution in [3.63, 3.8) is 0 Å². The van der Waals surface area contributed by atoms with Crippen LogP contribution < -0.4 is 15.5 Å². The van der Waals surface area contributed by atoms with Crippen LogP contribution in [0, 0.1) is 0 Å². The number of para-hydroxylation sites is 2. The molecule has 0 fully saturated rings. The van der Waals surface area contributed by atoms with E-state index in [0.717, 1.165) is 6.07 Å². The number of benzene rings is 2. The van der Waals surface area contributed by atoms with Crippen molar-refractivity contribution in [3.05, 3.63) is 76.3 Å². The van der Waals surface area contributed by atoms with Crippen LogP contribution in [-0.4, -0.2) is 31.9 Å². The Bertz CT molecular complexity index is 1420. The lowest BCUT2D eigenvalue weighted by Gasteiger charge is -2.31. The predicted octanol–water partition coefficient (Wildman–Crippen LogP) is 4.02. The number of nitrogens with zero attached hydrogens (tertiary/aromatic N) is 5. The summed E-state index contributed by atoms with van der Waals surface area (Å²) in [7, 11) is 0. The highest BCUT2D eigenvalue weighted by Crippen LogP contribution is 2.32. The molecule has 2 aromatic heterocycles. The number of aromatic amines is 1. The van der Waals surface area contributed by atoms with Gasteiger partial charge in [-0.1, -0.05) is 47.6 Å². The summed E-state index contributed by atoms with van der Waals surface area (Å²) in [6.45, 7) is 0. The van der Waals surface area contributed by atoms with E-state index in [9.17, 15) is 13.2 Å². The van der Waals surface area contributed by atoms with Gasteiger partial charge in [0, 0.05) is 17.2 Å². The van der Waals surface area contributed by atoms with E-state index < -0.39 is 17.9 Å². The van der Waals surface area contributed by atoms with Crippen LogP contribution in [0.5, 0.6) is 0 Å². The largest absolute Gasteiger partial charge is 0.418 e. The van der Waals surface area contributed by atoms with Gasteiger partial charge in [-0.3, -0.25) is 4.99 Å². The van der Waals surface area contributed by atoms with E-state index in [4.69, 9.17) is 11.6 Å². The van der Waals surface area contributed by atoms with Gasteiger partial charge in [-0.05, 0) is 18.2 Å². The van der Waals surface area contributed by atoms with E-state index in [1.54, 1.807) is 29.3 Å². The number of thioether (sulfide) groups is 1. The number of H-pyrrole nitrogens is 1. The number of alkyl halides is 3. The van der Waals surface area contributed by atoms with Gasteiger partial charge in [0.15, 0.2) is 5.65 Å². The zero-order valence-electron chi connectivity index (χ0n) is 16.2. The van der Waals surface area contributed by atoms with Crippen LogP contribution in [0.4, 0.5) is 18.9 Å². The van der Waals surface area contributed by atoms with Gasteiger partial charge >= 0.3 is 6.18 Å². The molecule has 0 spiro atoms. The molecule has 3 heterocycles. The third kappa shape index (κ3) is 3.80. The SMILES string of the molecule is FC(F)(F)c1cccc2c1=NC(CSc1ncnc3nc[nH]c13)N(c1ccccc1Cl)C=2. The molecular formula is C21H14ClF3N6S. The molecule has 6 nitrogen and oxygen atoms in total. The molecule has 0 amide bonds. The van der Waals surface area contributed by atoms with Crippen molar-refractivity contribution in [3.8, 4) is 0 Å². The lowest BCUT2D eigenvalue weighted by molar-refractivity contribution is -0.138. The Labute approximate surface area is 188 Å². The Morgan fingerprint density at radius 2 is 1.91 bits per heavy atom. The molecule has 32 heavy (non-hydrogen) atoms. The topological polar surface area (TPSA) is 70.1 Å². The quantitative estimate of drug-likeness (QED) is 0.357. The van der Waals surface area contributed by atoms with Gasteiger partial charge in [-0.2, -0.15) is 13.2 Å². The minimum absolute atomic E-state index is 0.0803. The number of hydrogen-bond acceptors (Lipinski definition) is 6. The van der Waals surface area contributed by atoms with Crippen molar-refractivity contribution in [1.29, 1.82) is 0 Å². The van der Waals surface area contributed by atoms with E-state index in [2.05, 4.69) is 24.9 Å². The second-order valence-corrected chi connectivity index (χ2v) is 8.35. The Kier molecular flexibility index (Phi) is 5.26. The summed E-state index contributed by atoms with van der Waals surface area (Å²) in [6, 6.07) is 11.2. The van der Waals surface area contributed by atoms with E-state index in [0.29, 0.717) is 37.9 Å². The van der Waals surface area contributed by atoms with Crippen molar-refractivity contribution in [2.75, 3.05) is 10.7 Å². The van der Waals surface area contributed by atoms with E-state index in [-0.39, 0.29) is 5.36 Å². The van der Waals surface area contributed by atoms with Crippen LogP contribution in [0.2, 0.25) is 5.02 Å². The molecule has 0 bridgehead atoms. The Morgan fingerprint density at radius 1 is 1.06 bits per heavy atom. The maximum atomic E-state index is 13.6. The number of aromatic nitrogens is 4. The number of rotatable bonds is 4. The van der Waals surface area contributed by atoms with E-state index in [1.165, 1.54) is 30.5 Å². The first-order valence-corrected chi connectivity index (χ1v) is 10.8. The van der Waals surface area contributed by atoms with Crippen LogP contribution in [0.15, 0.2) is 65.1 Å². The highest BCUT2D eigenvalue weighted by Gasteiger charge is 2.34. The monoisotopic (exact) mass is 474 g/mol. The van der Waals surface area contributed by atoms with Crippen molar-refractivity contribution in [2.24, 2.45) is 4.99 Å². The third-order valence-electron chi connectivity index (χ3n) is 4.94. The number of fused-ring (bicyclic) bond motifs is 2. The molecule has 1 atom stereocenters. The first-order valence-electron chi connectivity index (χ1n) is 9.47. The average Bonchev–Trinajstić information content (AvgIpc) is 3.26. The zero-order chi connectivity index (χ0) is 22.3. The number of anilines is 1. The summed E-state index contributed by atoms with van der Waals surface area (Å²) >= 11 is 7.76. The second-order valence-electron chi connectivity index (χ2n) is 6.93. The predicted molar refractivity (Wildman–Crippen MR) is 117 cm³/mol. The van der Waals surface area contributed by atoms with Gasteiger partial charge < -0.3 is 9.88 Å². The van der Waals surface area contributed by atoms with Gasteiger partial charge in [-0.25, -0.2) is 15.0 Å². The van der Waals surface area contributed by atoms with Crippen molar-refractivity contribution < 1.29 is 13.2 Å². The molecule has 5 rings (SSSR count). The molecule has 2 aromatic carbocycles. The second kappa shape index (κ2) is 8.10. The fraction of sp³-hybridized carbons (Fsp3) is 0.143. The molecule has 0 saturated heterocycles. The lowest BCUT2D eigenvalue weighted by Crippen LogP contribution is -2.45. The minimum atomic E-state index is -4.51. The summed E-state index contributed by atoms with van der Waals surface area (Å²) in [5.74, 6) is 0.318. The van der Waals surface area contributed by atoms with E-state index >= 15 is 0 Å². The third-order valence-corrected chi connectivity index (χ3v) is 6.31. The molecule has 1 unspecified atom stereocenters. The highest BCUT2D eigenvalue weighted by molar-refractivity contribution is 7.99. The van der Waals surface area contributed by atoms with Crippen LogP contribution in [-0.2, 0) is 6.18 Å². The number of imidazole rings is 1. The molecular weight excluding hydrogens is 461 g/mol. The molecule has 1 N–H and O–H groups in total. The number of nitrogens with one attached hydrogen (secondary N) is 1. The van der Waals surface area contributed by atoms with Crippen LogP contribution >= 0.6 is 23.4 Å². The molecule has 0 aliphatic carbocycles. The van der Waals surface area contributed by atoms with Gasteiger partial charge in [0.2, 0.25) is 0 Å². The molecule has 4 aromatic rings. The highest BCUT2D eigenvalue weighted by atomic mass is 35.5.